The van der Waals surface area contributed by atoms with Crippen LogP contribution in [-0.2, 0) is 11.0 Å². The first kappa shape index (κ1) is 19.3. The van der Waals surface area contributed by atoms with Gasteiger partial charge in [-0.2, -0.15) is 13.2 Å². The Bertz CT molecular complexity index is 816. The number of thioether (sulfide) groups is 1. The molecule has 0 spiro atoms. The van der Waals surface area contributed by atoms with Crippen LogP contribution in [0.1, 0.15) is 25.8 Å². The highest BCUT2D eigenvalue weighted by Crippen LogP contribution is 2.33. The van der Waals surface area contributed by atoms with Crippen molar-refractivity contribution in [2.24, 2.45) is 11.8 Å². The van der Waals surface area contributed by atoms with Crippen LogP contribution in [-0.4, -0.2) is 44.2 Å². The molecule has 1 amide bonds. The summed E-state index contributed by atoms with van der Waals surface area (Å²) in [5.74, 6) is 0.918. The molecule has 0 unspecified atom stereocenters. The number of alkyl halides is 3. The van der Waals surface area contributed by atoms with E-state index < -0.39 is 11.7 Å². The fourth-order valence-electron chi connectivity index (χ4n) is 3.27. The molecule has 0 saturated carbocycles. The maximum atomic E-state index is 13.0. The summed E-state index contributed by atoms with van der Waals surface area (Å²) in [6.45, 7) is 5.62. The Hall–Kier alpha value is -1.48. The van der Waals surface area contributed by atoms with Crippen LogP contribution in [0.15, 0.2) is 17.4 Å². The van der Waals surface area contributed by atoms with Crippen LogP contribution in [0.25, 0.3) is 5.65 Å². The fourth-order valence-corrected chi connectivity index (χ4v) is 4.33. The van der Waals surface area contributed by atoms with Crippen molar-refractivity contribution in [3.8, 4) is 0 Å². The number of carbonyl (C=O) groups excluding carboxylic acids is 1. The number of aromatic nitrogens is 3. The number of carbonyl (C=O) groups is 1. The van der Waals surface area contributed by atoms with Crippen molar-refractivity contribution < 1.29 is 18.0 Å². The second-order valence-corrected chi connectivity index (χ2v) is 8.13. The molecule has 1 aliphatic heterocycles. The molecule has 0 bridgehead atoms. The number of hydrogen-bond acceptors (Lipinski definition) is 4. The van der Waals surface area contributed by atoms with E-state index in [-0.39, 0.29) is 27.5 Å². The number of rotatable bonds is 3. The largest absolute Gasteiger partial charge is 0.417 e. The van der Waals surface area contributed by atoms with Crippen LogP contribution in [0.4, 0.5) is 13.2 Å². The lowest BCUT2D eigenvalue weighted by Crippen LogP contribution is -2.43. The van der Waals surface area contributed by atoms with E-state index in [9.17, 15) is 18.0 Å². The molecule has 1 fully saturated rings. The molecule has 26 heavy (non-hydrogen) atoms. The van der Waals surface area contributed by atoms with E-state index in [1.807, 2.05) is 4.90 Å². The number of nitrogens with zero attached hydrogens (tertiary/aromatic N) is 4. The first-order valence-corrected chi connectivity index (χ1v) is 9.53. The van der Waals surface area contributed by atoms with Gasteiger partial charge >= 0.3 is 6.18 Å². The van der Waals surface area contributed by atoms with Gasteiger partial charge in [0.25, 0.3) is 0 Å². The van der Waals surface area contributed by atoms with Crippen molar-refractivity contribution in [2.45, 2.75) is 31.6 Å². The Kier molecular flexibility index (Phi) is 5.39. The van der Waals surface area contributed by atoms with Gasteiger partial charge in [-0.25, -0.2) is 0 Å². The minimum absolute atomic E-state index is 0.0526. The number of likely N-dealkylation sites (tertiary alicyclic amines) is 1. The van der Waals surface area contributed by atoms with Crippen LogP contribution < -0.4 is 0 Å². The molecule has 2 atom stereocenters. The minimum atomic E-state index is -4.53. The van der Waals surface area contributed by atoms with E-state index in [0.717, 1.165) is 30.4 Å². The molecule has 1 aliphatic rings. The molecule has 0 aromatic carbocycles. The number of amides is 1. The molecule has 10 heteroatoms. The van der Waals surface area contributed by atoms with Crippen LogP contribution in [0.2, 0.25) is 5.02 Å². The monoisotopic (exact) mass is 406 g/mol. The standard InChI is InChI=1S/C16H18ClF3N4OS/c1-9-3-10(2)6-23(5-9)13(25)8-26-15-22-21-14-12(17)4-11(7-24(14)15)16(18,19)20/h4,7,9-10H,3,5-6,8H2,1-2H3/t9-,10+. The van der Waals surface area contributed by atoms with Gasteiger partial charge in [0, 0.05) is 19.3 Å². The Morgan fingerprint density at radius 3 is 2.58 bits per heavy atom. The molecule has 2 aromatic rings. The predicted molar refractivity (Wildman–Crippen MR) is 93.2 cm³/mol. The number of pyridine rings is 1. The topological polar surface area (TPSA) is 50.5 Å². The molecule has 1 saturated heterocycles. The third kappa shape index (κ3) is 4.09. The normalized spacial score (nSPS) is 21.4. The summed E-state index contributed by atoms with van der Waals surface area (Å²) in [5, 5.41) is 7.78. The quantitative estimate of drug-likeness (QED) is 0.723. The maximum absolute atomic E-state index is 13.0. The lowest BCUT2D eigenvalue weighted by atomic mass is 9.92. The minimum Gasteiger partial charge on any atom is -0.341 e. The number of piperidine rings is 1. The SMILES string of the molecule is C[C@@H]1C[C@H](C)CN(C(=O)CSc2nnc3c(Cl)cc(C(F)(F)F)cn23)C1. The van der Waals surface area contributed by atoms with E-state index >= 15 is 0 Å². The highest BCUT2D eigenvalue weighted by atomic mass is 35.5. The van der Waals surface area contributed by atoms with Crippen LogP contribution >= 0.6 is 23.4 Å². The molecule has 0 N–H and O–H groups in total. The van der Waals surface area contributed by atoms with Gasteiger partial charge in [-0.05, 0) is 24.3 Å². The maximum Gasteiger partial charge on any atom is 0.417 e. The van der Waals surface area contributed by atoms with E-state index in [1.54, 1.807) is 0 Å². The lowest BCUT2D eigenvalue weighted by molar-refractivity contribution is -0.138. The van der Waals surface area contributed by atoms with Crippen LogP contribution in [0, 0.1) is 11.8 Å². The summed E-state index contributed by atoms with van der Waals surface area (Å²) in [5.41, 5.74) is -0.753. The second-order valence-electron chi connectivity index (χ2n) is 6.78. The third-order valence-corrected chi connectivity index (χ3v) is 5.51. The number of hydrogen-bond donors (Lipinski definition) is 0. The molecule has 2 aromatic heterocycles. The Morgan fingerprint density at radius 1 is 1.31 bits per heavy atom. The second kappa shape index (κ2) is 7.26. The van der Waals surface area contributed by atoms with E-state index in [1.165, 1.54) is 4.40 Å². The zero-order chi connectivity index (χ0) is 19.1. The Balaban J connectivity index is 1.77. The Morgan fingerprint density at radius 2 is 1.96 bits per heavy atom. The molecular formula is C16H18ClF3N4OS. The summed E-state index contributed by atoms with van der Waals surface area (Å²) in [4.78, 5) is 14.3. The third-order valence-electron chi connectivity index (χ3n) is 4.30. The van der Waals surface area contributed by atoms with Crippen LogP contribution in [0.3, 0.4) is 0 Å². The van der Waals surface area contributed by atoms with E-state index in [0.29, 0.717) is 24.9 Å². The summed E-state index contributed by atoms with van der Waals surface area (Å²) in [6.07, 6.45) is -2.54. The Labute approximate surface area is 157 Å². The molecule has 142 valence electrons. The fraction of sp³-hybridized carbons (Fsp3) is 0.562. The molecule has 0 aliphatic carbocycles. The zero-order valence-electron chi connectivity index (χ0n) is 14.3. The van der Waals surface area contributed by atoms with Gasteiger partial charge in [-0.15, -0.1) is 10.2 Å². The van der Waals surface area contributed by atoms with Crippen molar-refractivity contribution in [3.63, 3.8) is 0 Å². The van der Waals surface area contributed by atoms with Gasteiger partial charge in [-0.3, -0.25) is 9.20 Å². The van der Waals surface area contributed by atoms with Gasteiger partial charge in [0.05, 0.1) is 16.3 Å². The first-order valence-electron chi connectivity index (χ1n) is 8.17. The smallest absolute Gasteiger partial charge is 0.341 e. The molecule has 3 rings (SSSR count). The summed E-state index contributed by atoms with van der Waals surface area (Å²) in [7, 11) is 0. The first-order chi connectivity index (χ1) is 12.1. The highest BCUT2D eigenvalue weighted by Gasteiger charge is 2.32. The van der Waals surface area contributed by atoms with E-state index in [2.05, 4.69) is 24.0 Å². The van der Waals surface area contributed by atoms with Gasteiger partial charge in [-0.1, -0.05) is 37.2 Å². The molecule has 3 heterocycles. The van der Waals surface area contributed by atoms with Gasteiger partial charge in [0.2, 0.25) is 5.91 Å². The van der Waals surface area contributed by atoms with Crippen LogP contribution in [0.5, 0.6) is 0 Å². The van der Waals surface area contributed by atoms with Gasteiger partial charge < -0.3 is 4.90 Å². The molecule has 0 radical (unpaired) electrons. The van der Waals surface area contributed by atoms with Gasteiger partial charge in [0.1, 0.15) is 0 Å². The number of halogens is 4. The average Bonchev–Trinajstić information content (AvgIpc) is 2.94. The van der Waals surface area contributed by atoms with Gasteiger partial charge in [0.15, 0.2) is 10.8 Å². The molecular weight excluding hydrogens is 389 g/mol. The average molecular weight is 407 g/mol. The highest BCUT2D eigenvalue weighted by molar-refractivity contribution is 7.99. The lowest BCUT2D eigenvalue weighted by Gasteiger charge is -2.34. The number of fused-ring (bicyclic) bond motifs is 1. The summed E-state index contributed by atoms with van der Waals surface area (Å²) >= 11 is 6.95. The van der Waals surface area contributed by atoms with Crippen molar-refractivity contribution in [2.75, 3.05) is 18.8 Å². The van der Waals surface area contributed by atoms with E-state index in [4.69, 9.17) is 11.6 Å². The molecule has 5 nitrogen and oxygen atoms in total. The zero-order valence-corrected chi connectivity index (χ0v) is 15.8. The van der Waals surface area contributed by atoms with Crippen molar-refractivity contribution in [3.05, 3.63) is 22.8 Å². The van der Waals surface area contributed by atoms with Crippen molar-refractivity contribution >= 4 is 34.9 Å². The summed E-state index contributed by atoms with van der Waals surface area (Å²) in [6, 6.07) is 0.821. The van der Waals surface area contributed by atoms with Crippen molar-refractivity contribution in [1.29, 1.82) is 0 Å². The predicted octanol–water partition coefficient (Wildman–Crippen LogP) is 4.00. The van der Waals surface area contributed by atoms with Crippen molar-refractivity contribution in [1.82, 2.24) is 19.5 Å². The summed E-state index contributed by atoms with van der Waals surface area (Å²) < 4.78 is 40.1.